The number of hydrogen-bond acceptors (Lipinski definition) is 1. The van der Waals surface area contributed by atoms with E-state index in [4.69, 9.17) is 0 Å². The predicted octanol–water partition coefficient (Wildman–Crippen LogP) is 3.96. The summed E-state index contributed by atoms with van der Waals surface area (Å²) in [5, 5.41) is 0. The van der Waals surface area contributed by atoms with Gasteiger partial charge in [0.15, 0.2) is 5.78 Å². The fourth-order valence-corrected chi connectivity index (χ4v) is 1.92. The summed E-state index contributed by atoms with van der Waals surface area (Å²) in [5.74, 6) is -1.25. The second kappa shape index (κ2) is 4.75. The van der Waals surface area contributed by atoms with E-state index in [9.17, 15) is 13.6 Å². The quantitative estimate of drug-likeness (QED) is 0.767. The molecular weight excluding hydrogens is 290 g/mol. The molecule has 2 aromatic carbocycles. The summed E-state index contributed by atoms with van der Waals surface area (Å²) in [6.45, 7) is 0. The van der Waals surface area contributed by atoms with Crippen LogP contribution in [0.2, 0.25) is 0 Å². The third kappa shape index (κ3) is 2.77. The Kier molecular flexibility index (Phi) is 3.33. The van der Waals surface area contributed by atoms with Crippen molar-refractivity contribution in [1.82, 2.24) is 0 Å². The van der Waals surface area contributed by atoms with Crippen LogP contribution in [0.4, 0.5) is 8.78 Å². The lowest BCUT2D eigenvalue weighted by molar-refractivity contribution is 0.103. The standard InChI is InChI=1S/C13H7BrF2O/c14-10-5-9(6-12(16)7-10)13(17)8-1-3-11(15)4-2-8/h1-7H. The average molecular weight is 297 g/mol. The number of ketones is 1. The van der Waals surface area contributed by atoms with Crippen molar-refractivity contribution in [3.05, 3.63) is 69.7 Å². The molecule has 0 bridgehead atoms. The molecule has 0 N–H and O–H groups in total. The van der Waals surface area contributed by atoms with Crippen LogP contribution in [0, 0.1) is 11.6 Å². The molecule has 0 fully saturated rings. The Labute approximate surface area is 105 Å². The number of hydrogen-bond donors (Lipinski definition) is 0. The molecule has 17 heavy (non-hydrogen) atoms. The molecule has 4 heteroatoms. The fourth-order valence-electron chi connectivity index (χ4n) is 1.45. The van der Waals surface area contributed by atoms with Gasteiger partial charge < -0.3 is 0 Å². The molecule has 0 spiro atoms. The number of halogens is 3. The molecule has 0 aliphatic carbocycles. The average Bonchev–Trinajstić information content (AvgIpc) is 2.28. The van der Waals surface area contributed by atoms with Crippen molar-refractivity contribution in [2.75, 3.05) is 0 Å². The molecule has 0 aliphatic rings. The zero-order valence-electron chi connectivity index (χ0n) is 8.58. The van der Waals surface area contributed by atoms with Crippen LogP contribution in [0.15, 0.2) is 46.9 Å². The first kappa shape index (κ1) is 11.9. The van der Waals surface area contributed by atoms with Crippen LogP contribution in [0.1, 0.15) is 15.9 Å². The van der Waals surface area contributed by atoms with Gasteiger partial charge in [-0.2, -0.15) is 0 Å². The zero-order valence-corrected chi connectivity index (χ0v) is 10.2. The highest BCUT2D eigenvalue weighted by molar-refractivity contribution is 9.10. The molecule has 0 heterocycles. The minimum Gasteiger partial charge on any atom is -0.289 e. The minimum absolute atomic E-state index is 0.225. The van der Waals surface area contributed by atoms with Crippen molar-refractivity contribution < 1.29 is 13.6 Å². The lowest BCUT2D eigenvalue weighted by Gasteiger charge is -2.02. The number of benzene rings is 2. The van der Waals surface area contributed by atoms with Crippen molar-refractivity contribution in [3.8, 4) is 0 Å². The first-order valence-corrected chi connectivity index (χ1v) is 5.62. The Hall–Kier alpha value is -1.55. The van der Waals surface area contributed by atoms with Gasteiger partial charge in [-0.3, -0.25) is 4.79 Å². The van der Waals surface area contributed by atoms with E-state index >= 15 is 0 Å². The topological polar surface area (TPSA) is 17.1 Å². The summed E-state index contributed by atoms with van der Waals surface area (Å²) in [4.78, 5) is 12.0. The summed E-state index contributed by atoms with van der Waals surface area (Å²) >= 11 is 3.11. The van der Waals surface area contributed by atoms with Crippen LogP contribution in [0.5, 0.6) is 0 Å². The largest absolute Gasteiger partial charge is 0.289 e. The fraction of sp³-hybridized carbons (Fsp3) is 0. The van der Waals surface area contributed by atoms with Gasteiger partial charge in [-0.1, -0.05) is 15.9 Å². The van der Waals surface area contributed by atoms with E-state index in [1.807, 2.05) is 0 Å². The Balaban J connectivity index is 2.40. The SMILES string of the molecule is O=C(c1ccc(F)cc1)c1cc(F)cc(Br)c1. The van der Waals surface area contributed by atoms with Crippen molar-refractivity contribution in [1.29, 1.82) is 0 Å². The van der Waals surface area contributed by atoms with Crippen LogP contribution < -0.4 is 0 Å². The van der Waals surface area contributed by atoms with Gasteiger partial charge in [-0.05, 0) is 42.5 Å². The molecule has 1 nitrogen and oxygen atoms in total. The predicted molar refractivity (Wildman–Crippen MR) is 63.9 cm³/mol. The van der Waals surface area contributed by atoms with Gasteiger partial charge in [0.2, 0.25) is 0 Å². The van der Waals surface area contributed by atoms with Crippen LogP contribution in [-0.2, 0) is 0 Å². The molecule has 0 aliphatic heterocycles. The molecule has 2 rings (SSSR count). The molecule has 86 valence electrons. The molecule has 2 aromatic rings. The normalized spacial score (nSPS) is 10.3. The van der Waals surface area contributed by atoms with Crippen molar-refractivity contribution >= 4 is 21.7 Å². The first-order chi connectivity index (χ1) is 8.06. The molecule has 0 amide bonds. The Morgan fingerprint density at radius 3 is 2.12 bits per heavy atom. The third-order valence-electron chi connectivity index (χ3n) is 2.23. The second-order valence-electron chi connectivity index (χ2n) is 3.49. The summed E-state index contributed by atoms with van der Waals surface area (Å²) in [7, 11) is 0. The summed E-state index contributed by atoms with van der Waals surface area (Å²) in [5.41, 5.74) is 0.549. The number of carbonyl (C=O) groups is 1. The van der Waals surface area contributed by atoms with Crippen molar-refractivity contribution in [3.63, 3.8) is 0 Å². The smallest absolute Gasteiger partial charge is 0.193 e. The summed E-state index contributed by atoms with van der Waals surface area (Å²) in [6.07, 6.45) is 0. The first-order valence-electron chi connectivity index (χ1n) is 4.82. The maximum Gasteiger partial charge on any atom is 0.193 e. The van der Waals surface area contributed by atoms with Crippen LogP contribution in [-0.4, -0.2) is 5.78 Å². The molecular formula is C13H7BrF2O. The van der Waals surface area contributed by atoms with Crippen molar-refractivity contribution in [2.24, 2.45) is 0 Å². The maximum absolute atomic E-state index is 13.1. The highest BCUT2D eigenvalue weighted by Crippen LogP contribution is 2.18. The monoisotopic (exact) mass is 296 g/mol. The number of rotatable bonds is 2. The van der Waals surface area contributed by atoms with Gasteiger partial charge in [-0.15, -0.1) is 0 Å². The van der Waals surface area contributed by atoms with E-state index in [0.717, 1.165) is 6.07 Å². The van der Waals surface area contributed by atoms with E-state index in [-0.39, 0.29) is 11.3 Å². The van der Waals surface area contributed by atoms with Crippen LogP contribution in [0.3, 0.4) is 0 Å². The van der Waals surface area contributed by atoms with Gasteiger partial charge >= 0.3 is 0 Å². The van der Waals surface area contributed by atoms with E-state index < -0.39 is 11.6 Å². The summed E-state index contributed by atoms with van der Waals surface area (Å²) < 4.78 is 26.3. The lowest BCUT2D eigenvalue weighted by Crippen LogP contribution is -2.01. The maximum atomic E-state index is 13.1. The van der Waals surface area contributed by atoms with Gasteiger partial charge in [0.05, 0.1) is 0 Å². The van der Waals surface area contributed by atoms with Gasteiger partial charge in [0.1, 0.15) is 11.6 Å². The van der Waals surface area contributed by atoms with E-state index in [1.165, 1.54) is 36.4 Å². The highest BCUT2D eigenvalue weighted by atomic mass is 79.9. The van der Waals surface area contributed by atoms with Gasteiger partial charge in [-0.25, -0.2) is 8.78 Å². The Morgan fingerprint density at radius 2 is 1.53 bits per heavy atom. The van der Waals surface area contributed by atoms with Crippen molar-refractivity contribution in [2.45, 2.75) is 0 Å². The minimum atomic E-state index is -0.496. The van der Waals surface area contributed by atoms with Gasteiger partial charge in [0, 0.05) is 15.6 Å². The molecule has 0 atom stereocenters. The highest BCUT2D eigenvalue weighted by Gasteiger charge is 2.11. The third-order valence-corrected chi connectivity index (χ3v) is 2.69. The molecule has 0 aromatic heterocycles. The van der Waals surface area contributed by atoms with E-state index in [2.05, 4.69) is 15.9 Å². The zero-order chi connectivity index (χ0) is 12.4. The van der Waals surface area contributed by atoms with Crippen LogP contribution >= 0.6 is 15.9 Å². The second-order valence-corrected chi connectivity index (χ2v) is 4.41. The van der Waals surface area contributed by atoms with E-state index in [1.54, 1.807) is 0 Å². The Bertz CT molecular complexity index is 544. The summed E-state index contributed by atoms with van der Waals surface area (Å²) in [6, 6.07) is 9.07. The molecule has 0 radical (unpaired) electrons. The van der Waals surface area contributed by atoms with Gasteiger partial charge in [0.25, 0.3) is 0 Å². The number of carbonyl (C=O) groups excluding carboxylic acids is 1. The lowest BCUT2D eigenvalue weighted by atomic mass is 10.0. The molecule has 0 saturated heterocycles. The van der Waals surface area contributed by atoms with E-state index in [0.29, 0.717) is 10.0 Å². The molecule has 0 saturated carbocycles. The molecule has 0 unspecified atom stereocenters. The van der Waals surface area contributed by atoms with Crippen LogP contribution in [0.25, 0.3) is 0 Å². The Morgan fingerprint density at radius 1 is 0.882 bits per heavy atom.